The predicted molar refractivity (Wildman–Crippen MR) is 66.1 cm³/mol. The fourth-order valence-corrected chi connectivity index (χ4v) is 1.76. The molecule has 3 rings (SSSR count). The van der Waals surface area contributed by atoms with Crippen molar-refractivity contribution in [3.05, 3.63) is 54.4 Å². The van der Waals surface area contributed by atoms with Crippen LogP contribution in [0.3, 0.4) is 0 Å². The molecule has 8 heteroatoms. The second kappa shape index (κ2) is 5.04. The number of oxazole rings is 1. The smallest absolute Gasteiger partial charge is 0.439 e. The van der Waals surface area contributed by atoms with Gasteiger partial charge >= 0.3 is 6.18 Å². The SMILES string of the molecule is FC(F)(F)c1ncn(Cc2cnc(-c3ccccc3)o2)n1. The summed E-state index contributed by atoms with van der Waals surface area (Å²) in [5.41, 5.74) is 0.790. The Bertz CT molecular complexity index is 733. The van der Waals surface area contributed by atoms with Gasteiger partial charge in [-0.05, 0) is 12.1 Å². The molecule has 0 unspecified atom stereocenters. The summed E-state index contributed by atoms with van der Waals surface area (Å²) < 4.78 is 43.7. The molecule has 0 aliphatic carbocycles. The van der Waals surface area contributed by atoms with Gasteiger partial charge in [0.15, 0.2) is 0 Å². The van der Waals surface area contributed by atoms with Crippen LogP contribution in [0.25, 0.3) is 11.5 Å². The monoisotopic (exact) mass is 294 g/mol. The zero-order valence-corrected chi connectivity index (χ0v) is 10.6. The number of halogens is 3. The van der Waals surface area contributed by atoms with E-state index >= 15 is 0 Å². The van der Waals surface area contributed by atoms with Crippen molar-refractivity contribution in [1.82, 2.24) is 19.7 Å². The van der Waals surface area contributed by atoms with E-state index in [0.717, 1.165) is 16.6 Å². The molecular formula is C13H9F3N4O. The van der Waals surface area contributed by atoms with E-state index in [-0.39, 0.29) is 6.54 Å². The van der Waals surface area contributed by atoms with Gasteiger partial charge in [0.1, 0.15) is 18.6 Å². The summed E-state index contributed by atoms with van der Waals surface area (Å²) in [5, 5.41) is 3.35. The third-order valence-corrected chi connectivity index (χ3v) is 2.68. The van der Waals surface area contributed by atoms with Crippen LogP contribution in [0.1, 0.15) is 11.6 Å². The van der Waals surface area contributed by atoms with Crippen molar-refractivity contribution in [1.29, 1.82) is 0 Å². The van der Waals surface area contributed by atoms with Crippen LogP contribution in [0, 0.1) is 0 Å². The van der Waals surface area contributed by atoms with Crippen molar-refractivity contribution >= 4 is 0 Å². The number of rotatable bonds is 3. The van der Waals surface area contributed by atoms with Crippen LogP contribution in [-0.4, -0.2) is 19.7 Å². The topological polar surface area (TPSA) is 56.7 Å². The van der Waals surface area contributed by atoms with Gasteiger partial charge in [0.05, 0.1) is 6.20 Å². The molecule has 0 aliphatic rings. The van der Waals surface area contributed by atoms with Gasteiger partial charge in [-0.15, -0.1) is 5.10 Å². The number of aromatic nitrogens is 4. The van der Waals surface area contributed by atoms with E-state index in [1.165, 1.54) is 6.20 Å². The van der Waals surface area contributed by atoms with E-state index in [1.807, 2.05) is 30.3 Å². The average Bonchev–Trinajstić information content (AvgIpc) is 3.09. The summed E-state index contributed by atoms with van der Waals surface area (Å²) in [6.07, 6.45) is -2.09. The van der Waals surface area contributed by atoms with Gasteiger partial charge in [-0.1, -0.05) is 18.2 Å². The summed E-state index contributed by atoms with van der Waals surface area (Å²) in [6, 6.07) is 9.19. The summed E-state index contributed by atoms with van der Waals surface area (Å²) in [7, 11) is 0. The van der Waals surface area contributed by atoms with E-state index in [0.29, 0.717) is 11.7 Å². The van der Waals surface area contributed by atoms with Gasteiger partial charge in [-0.2, -0.15) is 13.2 Å². The molecule has 0 saturated heterocycles. The molecule has 5 nitrogen and oxygen atoms in total. The summed E-state index contributed by atoms with van der Waals surface area (Å²) in [5.74, 6) is -0.375. The number of nitrogens with zero attached hydrogens (tertiary/aromatic N) is 4. The molecule has 0 amide bonds. The highest BCUT2D eigenvalue weighted by atomic mass is 19.4. The van der Waals surface area contributed by atoms with Gasteiger partial charge in [-0.3, -0.25) is 0 Å². The first-order chi connectivity index (χ1) is 10.0. The van der Waals surface area contributed by atoms with E-state index < -0.39 is 12.0 Å². The number of hydrogen-bond acceptors (Lipinski definition) is 4. The van der Waals surface area contributed by atoms with E-state index in [4.69, 9.17) is 4.42 Å². The Labute approximate surface area is 117 Å². The number of alkyl halides is 3. The third kappa shape index (κ3) is 2.93. The third-order valence-electron chi connectivity index (χ3n) is 2.68. The quantitative estimate of drug-likeness (QED) is 0.745. The van der Waals surface area contributed by atoms with Gasteiger partial charge in [0.2, 0.25) is 5.89 Å². The van der Waals surface area contributed by atoms with Gasteiger partial charge in [-0.25, -0.2) is 14.6 Å². The first-order valence-corrected chi connectivity index (χ1v) is 5.99. The maximum Gasteiger partial charge on any atom is 0.453 e. The Morgan fingerprint density at radius 3 is 2.52 bits per heavy atom. The van der Waals surface area contributed by atoms with Gasteiger partial charge < -0.3 is 4.42 Å². The molecule has 0 atom stereocenters. The van der Waals surface area contributed by atoms with Crippen LogP contribution in [0.2, 0.25) is 0 Å². The van der Waals surface area contributed by atoms with Crippen molar-refractivity contribution in [3.8, 4) is 11.5 Å². The maximum atomic E-state index is 12.4. The van der Waals surface area contributed by atoms with Crippen molar-refractivity contribution in [2.75, 3.05) is 0 Å². The van der Waals surface area contributed by atoms with Crippen LogP contribution < -0.4 is 0 Å². The fourth-order valence-electron chi connectivity index (χ4n) is 1.76. The lowest BCUT2D eigenvalue weighted by Crippen LogP contribution is -2.09. The molecule has 0 fully saturated rings. The Balaban J connectivity index is 1.77. The van der Waals surface area contributed by atoms with Crippen LogP contribution in [0.4, 0.5) is 13.2 Å². The summed E-state index contributed by atoms with van der Waals surface area (Å²) >= 11 is 0. The summed E-state index contributed by atoms with van der Waals surface area (Å²) in [4.78, 5) is 7.30. The standard InChI is InChI=1S/C13H9F3N4O/c14-13(15,16)12-18-8-20(19-12)7-10-6-17-11(21-10)9-4-2-1-3-5-9/h1-6,8H,7H2. The molecule has 0 radical (unpaired) electrons. The molecule has 0 spiro atoms. The van der Waals surface area contributed by atoms with Gasteiger partial charge in [0.25, 0.3) is 5.82 Å². The lowest BCUT2D eigenvalue weighted by Gasteiger charge is -1.99. The average molecular weight is 294 g/mol. The molecule has 0 N–H and O–H groups in total. The van der Waals surface area contributed by atoms with E-state index in [2.05, 4.69) is 15.1 Å². The lowest BCUT2D eigenvalue weighted by atomic mass is 10.2. The number of benzene rings is 1. The molecule has 0 bridgehead atoms. The minimum atomic E-state index is -4.55. The summed E-state index contributed by atoms with van der Waals surface area (Å²) in [6.45, 7) is 0.0307. The largest absolute Gasteiger partial charge is 0.453 e. The molecule has 108 valence electrons. The van der Waals surface area contributed by atoms with E-state index in [1.54, 1.807) is 0 Å². The molecule has 0 saturated carbocycles. The second-order valence-electron chi connectivity index (χ2n) is 4.26. The van der Waals surface area contributed by atoms with Crippen LogP contribution in [0.5, 0.6) is 0 Å². The Kier molecular flexibility index (Phi) is 3.20. The van der Waals surface area contributed by atoms with Crippen LogP contribution >= 0.6 is 0 Å². The molecule has 2 aromatic heterocycles. The zero-order chi connectivity index (χ0) is 14.9. The minimum Gasteiger partial charge on any atom is -0.439 e. The fraction of sp³-hybridized carbons (Fsp3) is 0.154. The van der Waals surface area contributed by atoms with Gasteiger partial charge in [0, 0.05) is 5.56 Å². The van der Waals surface area contributed by atoms with Crippen molar-refractivity contribution in [2.24, 2.45) is 0 Å². The van der Waals surface area contributed by atoms with E-state index in [9.17, 15) is 13.2 Å². The highest BCUT2D eigenvalue weighted by Crippen LogP contribution is 2.25. The van der Waals surface area contributed by atoms with Crippen LogP contribution in [0.15, 0.2) is 47.3 Å². The normalized spacial score (nSPS) is 11.8. The number of hydrogen-bond donors (Lipinski definition) is 0. The molecule has 2 heterocycles. The minimum absolute atomic E-state index is 0.0307. The van der Waals surface area contributed by atoms with Crippen LogP contribution in [-0.2, 0) is 12.7 Å². The van der Waals surface area contributed by atoms with Crippen molar-refractivity contribution < 1.29 is 17.6 Å². The maximum absolute atomic E-state index is 12.4. The highest BCUT2D eigenvalue weighted by Gasteiger charge is 2.35. The molecule has 3 aromatic rings. The second-order valence-corrected chi connectivity index (χ2v) is 4.26. The molecule has 21 heavy (non-hydrogen) atoms. The highest BCUT2D eigenvalue weighted by molar-refractivity contribution is 5.52. The lowest BCUT2D eigenvalue weighted by molar-refractivity contribution is -0.145. The Morgan fingerprint density at radius 1 is 1.10 bits per heavy atom. The zero-order valence-electron chi connectivity index (χ0n) is 10.6. The Morgan fingerprint density at radius 2 is 1.86 bits per heavy atom. The molecule has 1 aromatic carbocycles. The van der Waals surface area contributed by atoms with Crippen molar-refractivity contribution in [2.45, 2.75) is 12.7 Å². The Hall–Kier alpha value is -2.64. The predicted octanol–water partition coefficient (Wildman–Crippen LogP) is 3.00. The first-order valence-electron chi connectivity index (χ1n) is 5.99. The first kappa shape index (κ1) is 13.3. The molecular weight excluding hydrogens is 285 g/mol. The van der Waals surface area contributed by atoms with Crippen molar-refractivity contribution in [3.63, 3.8) is 0 Å². The molecule has 0 aliphatic heterocycles.